The molecular weight excluding hydrogens is 409 g/mol. The number of carbonyl (C=O) groups excluding carboxylic acids is 1. The van der Waals surface area contributed by atoms with E-state index in [1.807, 2.05) is 0 Å². The Labute approximate surface area is 169 Å². The second-order valence-corrected chi connectivity index (χ2v) is 6.99. The van der Waals surface area contributed by atoms with E-state index >= 15 is 0 Å². The summed E-state index contributed by atoms with van der Waals surface area (Å²) in [6, 6.07) is 8.27. The van der Waals surface area contributed by atoms with Crippen LogP contribution in [0.4, 0.5) is 0 Å². The number of nitrogens with zero attached hydrogens (tertiary/aromatic N) is 1. The fourth-order valence-corrected chi connectivity index (χ4v) is 3.39. The highest BCUT2D eigenvalue weighted by Crippen LogP contribution is 2.38. The van der Waals surface area contributed by atoms with Gasteiger partial charge in [-0.3, -0.25) is 9.36 Å². The zero-order valence-electron chi connectivity index (χ0n) is 14.6. The van der Waals surface area contributed by atoms with Gasteiger partial charge in [0.15, 0.2) is 17.1 Å². The van der Waals surface area contributed by atoms with Gasteiger partial charge >= 0.3 is 11.7 Å². The summed E-state index contributed by atoms with van der Waals surface area (Å²) in [6.45, 7) is 1.04. The Morgan fingerprint density at radius 3 is 2.82 bits per heavy atom. The van der Waals surface area contributed by atoms with Crippen LogP contribution in [0.15, 0.2) is 39.5 Å². The van der Waals surface area contributed by atoms with Crippen molar-refractivity contribution in [3.8, 4) is 11.5 Å². The van der Waals surface area contributed by atoms with Gasteiger partial charge in [0.2, 0.25) is 0 Å². The van der Waals surface area contributed by atoms with E-state index < -0.39 is 11.7 Å². The number of halogens is 2. The molecule has 1 aliphatic heterocycles. The highest BCUT2D eigenvalue weighted by molar-refractivity contribution is 6.32. The Balaban J connectivity index is 1.39. The third-order valence-corrected chi connectivity index (χ3v) is 4.74. The summed E-state index contributed by atoms with van der Waals surface area (Å²) in [5, 5.41) is 0.865. The lowest BCUT2D eigenvalue weighted by molar-refractivity contribution is -0.145. The molecule has 7 nitrogen and oxygen atoms in total. The highest BCUT2D eigenvalue weighted by atomic mass is 35.5. The fourth-order valence-electron chi connectivity index (χ4n) is 2.94. The van der Waals surface area contributed by atoms with Gasteiger partial charge in [0, 0.05) is 17.6 Å². The van der Waals surface area contributed by atoms with E-state index in [2.05, 4.69) is 0 Å². The molecule has 2 aromatic carbocycles. The molecule has 3 aromatic rings. The van der Waals surface area contributed by atoms with Gasteiger partial charge in [-0.2, -0.15) is 0 Å². The maximum Gasteiger partial charge on any atom is 0.419 e. The second-order valence-electron chi connectivity index (χ2n) is 6.14. The Morgan fingerprint density at radius 2 is 1.96 bits per heavy atom. The molecule has 0 N–H and O–H groups in total. The molecule has 1 aliphatic rings. The van der Waals surface area contributed by atoms with Crippen molar-refractivity contribution in [2.45, 2.75) is 19.6 Å². The van der Waals surface area contributed by atoms with Gasteiger partial charge in [-0.15, -0.1) is 0 Å². The molecule has 0 spiro atoms. The van der Waals surface area contributed by atoms with Crippen molar-refractivity contribution in [3.63, 3.8) is 0 Å². The van der Waals surface area contributed by atoms with Gasteiger partial charge in [0.1, 0.15) is 19.8 Å². The third-order valence-electron chi connectivity index (χ3n) is 4.23. The smallest absolute Gasteiger partial charge is 0.419 e. The zero-order chi connectivity index (χ0) is 19.7. The Kier molecular flexibility index (Phi) is 5.19. The van der Waals surface area contributed by atoms with Gasteiger partial charge < -0.3 is 18.6 Å². The van der Waals surface area contributed by atoms with E-state index in [0.717, 1.165) is 0 Å². The zero-order valence-corrected chi connectivity index (χ0v) is 16.1. The van der Waals surface area contributed by atoms with Crippen LogP contribution in [0.1, 0.15) is 12.0 Å². The number of benzene rings is 2. The first kappa shape index (κ1) is 18.7. The molecule has 1 aromatic heterocycles. The molecule has 9 heteroatoms. The van der Waals surface area contributed by atoms with Crippen LogP contribution in [-0.2, 0) is 22.7 Å². The lowest BCUT2D eigenvalue weighted by Gasteiger charge is -2.20. The molecule has 0 bridgehead atoms. The average molecular weight is 424 g/mol. The van der Waals surface area contributed by atoms with Gasteiger partial charge in [-0.25, -0.2) is 4.79 Å². The molecule has 4 rings (SSSR count). The molecule has 0 saturated carbocycles. The largest absolute Gasteiger partial charge is 0.486 e. The number of carbonyl (C=O) groups is 1. The molecule has 0 fully saturated rings. The first-order chi connectivity index (χ1) is 13.5. The van der Waals surface area contributed by atoms with Gasteiger partial charge in [0.25, 0.3) is 0 Å². The van der Waals surface area contributed by atoms with Crippen LogP contribution in [0.5, 0.6) is 11.5 Å². The summed E-state index contributed by atoms with van der Waals surface area (Å²) in [5.41, 5.74) is 1.63. The minimum Gasteiger partial charge on any atom is -0.486 e. The number of aromatic nitrogens is 1. The van der Waals surface area contributed by atoms with Gasteiger partial charge in [-0.1, -0.05) is 23.2 Å². The van der Waals surface area contributed by atoms with Crippen LogP contribution in [-0.4, -0.2) is 23.8 Å². The quantitative estimate of drug-likeness (QED) is 0.580. The monoisotopic (exact) mass is 423 g/mol. The molecule has 0 unspecified atom stereocenters. The number of oxazole rings is 1. The van der Waals surface area contributed by atoms with Crippen molar-refractivity contribution in [1.29, 1.82) is 0 Å². The minimum atomic E-state index is -0.552. The van der Waals surface area contributed by atoms with Crippen LogP contribution in [0.2, 0.25) is 10.0 Å². The standard InChI is InChI=1S/C19H15Cl2NO6/c20-12-1-2-14-15(9-12)28-19(24)22(14)4-3-17(23)27-10-11-7-13(21)18-16(8-11)25-5-6-26-18/h1-2,7-9H,3-6,10H2. The van der Waals surface area contributed by atoms with Gasteiger partial charge in [-0.05, 0) is 29.8 Å². The van der Waals surface area contributed by atoms with Crippen molar-refractivity contribution in [2.24, 2.45) is 0 Å². The number of esters is 1. The van der Waals surface area contributed by atoms with E-state index in [-0.39, 0.29) is 19.6 Å². The first-order valence-electron chi connectivity index (χ1n) is 8.54. The SMILES string of the molecule is O=C(CCn1c(=O)oc2cc(Cl)ccc21)OCc1cc(Cl)c2c(c1)OCCO2. The van der Waals surface area contributed by atoms with E-state index in [1.54, 1.807) is 30.3 Å². The van der Waals surface area contributed by atoms with Crippen LogP contribution in [0, 0.1) is 0 Å². The first-order valence-corrected chi connectivity index (χ1v) is 9.29. The molecule has 0 amide bonds. The number of hydrogen-bond donors (Lipinski definition) is 0. The number of aryl methyl sites for hydroxylation is 1. The molecule has 0 atom stereocenters. The summed E-state index contributed by atoms with van der Waals surface area (Å²) >= 11 is 12.1. The number of fused-ring (bicyclic) bond motifs is 2. The van der Waals surface area contributed by atoms with E-state index in [9.17, 15) is 9.59 Å². The topological polar surface area (TPSA) is 79.9 Å². The summed E-state index contributed by atoms with van der Waals surface area (Å²) in [7, 11) is 0. The van der Waals surface area contributed by atoms with Crippen molar-refractivity contribution in [1.82, 2.24) is 4.57 Å². The molecule has 0 radical (unpaired) electrons. The number of rotatable bonds is 5. The minimum absolute atomic E-state index is 0.00938. The Bertz CT molecular complexity index is 1100. The highest BCUT2D eigenvalue weighted by Gasteiger charge is 2.17. The Morgan fingerprint density at radius 1 is 1.14 bits per heavy atom. The van der Waals surface area contributed by atoms with Crippen molar-refractivity contribution >= 4 is 40.3 Å². The predicted molar refractivity (Wildman–Crippen MR) is 102 cm³/mol. The van der Waals surface area contributed by atoms with Crippen molar-refractivity contribution < 1.29 is 23.4 Å². The van der Waals surface area contributed by atoms with E-state index in [4.69, 9.17) is 41.8 Å². The molecule has 28 heavy (non-hydrogen) atoms. The van der Waals surface area contributed by atoms with Crippen LogP contribution in [0.3, 0.4) is 0 Å². The lowest BCUT2D eigenvalue weighted by Crippen LogP contribution is -2.18. The van der Waals surface area contributed by atoms with Crippen LogP contribution >= 0.6 is 23.2 Å². The van der Waals surface area contributed by atoms with E-state index in [1.165, 1.54) is 4.57 Å². The molecule has 2 heterocycles. The third kappa shape index (κ3) is 3.81. The molecule has 146 valence electrons. The average Bonchev–Trinajstić information content (AvgIpc) is 2.98. The second kappa shape index (κ2) is 7.77. The van der Waals surface area contributed by atoms with Crippen LogP contribution in [0.25, 0.3) is 11.1 Å². The van der Waals surface area contributed by atoms with Gasteiger partial charge in [0.05, 0.1) is 17.0 Å². The number of hydrogen-bond acceptors (Lipinski definition) is 6. The normalized spacial score (nSPS) is 12.9. The molecule has 0 saturated heterocycles. The molecular formula is C19H15Cl2NO6. The Hall–Kier alpha value is -2.64. The lowest BCUT2D eigenvalue weighted by atomic mass is 10.2. The summed E-state index contributed by atoms with van der Waals surface area (Å²) in [6.07, 6.45) is 0.00938. The maximum absolute atomic E-state index is 12.1. The van der Waals surface area contributed by atoms with Crippen LogP contribution < -0.4 is 15.2 Å². The van der Waals surface area contributed by atoms with E-state index in [0.29, 0.717) is 51.4 Å². The summed E-state index contributed by atoms with van der Waals surface area (Å²) in [4.78, 5) is 24.1. The van der Waals surface area contributed by atoms with Crippen molar-refractivity contribution in [2.75, 3.05) is 13.2 Å². The molecule has 0 aliphatic carbocycles. The number of ether oxygens (including phenoxy) is 3. The predicted octanol–water partition coefficient (Wildman–Crippen LogP) is 3.81. The fraction of sp³-hybridized carbons (Fsp3) is 0.263. The maximum atomic E-state index is 12.1. The van der Waals surface area contributed by atoms with Crippen molar-refractivity contribution in [3.05, 3.63) is 56.5 Å². The summed E-state index contributed by atoms with van der Waals surface area (Å²) < 4.78 is 22.7. The summed E-state index contributed by atoms with van der Waals surface area (Å²) in [5.74, 6) is 0.0131.